The highest BCUT2D eigenvalue weighted by molar-refractivity contribution is 7.84. The summed E-state index contributed by atoms with van der Waals surface area (Å²) < 4.78 is 11.0. The zero-order valence-corrected chi connectivity index (χ0v) is 9.14. The Labute approximate surface area is 82.4 Å². The predicted octanol–water partition coefficient (Wildman–Crippen LogP) is 0.256. The lowest BCUT2D eigenvalue weighted by molar-refractivity contribution is 0.149. The van der Waals surface area contributed by atoms with Crippen molar-refractivity contribution in [2.45, 2.75) is 43.6 Å². The highest BCUT2D eigenvalue weighted by Crippen LogP contribution is 2.18. The van der Waals surface area contributed by atoms with E-state index in [-0.39, 0.29) is 17.4 Å². The zero-order chi connectivity index (χ0) is 9.84. The molecule has 0 radical (unpaired) electrons. The van der Waals surface area contributed by atoms with E-state index in [1.54, 1.807) is 6.26 Å². The molecule has 13 heavy (non-hydrogen) atoms. The normalized spacial score (nSPS) is 33.2. The first-order valence-corrected chi connectivity index (χ1v) is 6.47. The van der Waals surface area contributed by atoms with E-state index in [4.69, 9.17) is 0 Å². The van der Waals surface area contributed by atoms with Crippen molar-refractivity contribution in [2.24, 2.45) is 0 Å². The van der Waals surface area contributed by atoms with Gasteiger partial charge in [0.1, 0.15) is 0 Å². The molecule has 0 aromatic rings. The van der Waals surface area contributed by atoms with Crippen LogP contribution in [-0.2, 0) is 10.8 Å². The molecule has 0 heterocycles. The van der Waals surface area contributed by atoms with Gasteiger partial charge < -0.3 is 10.4 Å². The first-order valence-electron chi connectivity index (χ1n) is 4.85. The highest BCUT2D eigenvalue weighted by Gasteiger charge is 2.24. The minimum atomic E-state index is -0.766. The number of hydrogen-bond acceptors (Lipinski definition) is 3. The summed E-state index contributed by atoms with van der Waals surface area (Å²) >= 11 is 0. The van der Waals surface area contributed by atoms with Crippen LogP contribution in [-0.4, -0.2) is 39.5 Å². The number of hydrogen-bond donors (Lipinski definition) is 2. The van der Waals surface area contributed by atoms with Crippen LogP contribution in [0.3, 0.4) is 0 Å². The Hall–Kier alpha value is 0.0700. The average molecular weight is 205 g/mol. The van der Waals surface area contributed by atoms with Gasteiger partial charge in [-0.05, 0) is 26.2 Å². The molecule has 0 bridgehead atoms. The van der Waals surface area contributed by atoms with Gasteiger partial charge in [0.2, 0.25) is 0 Å². The Morgan fingerprint density at radius 2 is 2.31 bits per heavy atom. The van der Waals surface area contributed by atoms with Gasteiger partial charge in [-0.2, -0.15) is 0 Å². The van der Waals surface area contributed by atoms with Crippen LogP contribution >= 0.6 is 0 Å². The molecular weight excluding hydrogens is 186 g/mol. The summed E-state index contributed by atoms with van der Waals surface area (Å²) in [5, 5.41) is 12.9. The minimum absolute atomic E-state index is 0.174. The molecule has 1 fully saturated rings. The summed E-state index contributed by atoms with van der Waals surface area (Å²) in [7, 11) is -0.766. The second-order valence-electron chi connectivity index (χ2n) is 3.82. The topological polar surface area (TPSA) is 49.3 Å². The summed E-state index contributed by atoms with van der Waals surface area (Å²) in [5.41, 5.74) is 0. The van der Waals surface area contributed by atoms with E-state index in [1.165, 1.54) is 0 Å². The fraction of sp³-hybridized carbons (Fsp3) is 1.00. The quantitative estimate of drug-likeness (QED) is 0.692. The highest BCUT2D eigenvalue weighted by atomic mass is 32.2. The van der Waals surface area contributed by atoms with Gasteiger partial charge >= 0.3 is 0 Å². The predicted molar refractivity (Wildman–Crippen MR) is 55.2 cm³/mol. The fourth-order valence-electron chi connectivity index (χ4n) is 1.61. The molecule has 4 heteroatoms. The number of rotatable bonds is 4. The lowest BCUT2D eigenvalue weighted by Gasteiger charge is -2.18. The van der Waals surface area contributed by atoms with Crippen LogP contribution in [0.2, 0.25) is 0 Å². The molecule has 1 aliphatic rings. The van der Waals surface area contributed by atoms with Gasteiger partial charge in [-0.1, -0.05) is 0 Å². The van der Waals surface area contributed by atoms with Crippen molar-refractivity contribution in [3.05, 3.63) is 0 Å². The maximum atomic E-state index is 11.0. The Kier molecular flexibility index (Phi) is 4.35. The summed E-state index contributed by atoms with van der Waals surface area (Å²) in [5.74, 6) is 0. The summed E-state index contributed by atoms with van der Waals surface area (Å²) in [4.78, 5) is 0. The molecule has 78 valence electrons. The SMILES string of the molecule is CC(CN[C@H]1CCC[C@@H]1O)S(C)=O. The number of nitrogens with one attached hydrogen (secondary N) is 1. The molecule has 1 rings (SSSR count). The molecule has 0 aromatic carbocycles. The molecule has 0 spiro atoms. The number of aliphatic hydroxyl groups is 1. The van der Waals surface area contributed by atoms with E-state index in [1.807, 2.05) is 6.92 Å². The van der Waals surface area contributed by atoms with E-state index in [9.17, 15) is 9.32 Å². The summed E-state index contributed by atoms with van der Waals surface area (Å²) in [6, 6.07) is 0.228. The molecule has 1 saturated carbocycles. The second kappa shape index (κ2) is 5.08. The van der Waals surface area contributed by atoms with Crippen LogP contribution in [0.5, 0.6) is 0 Å². The van der Waals surface area contributed by atoms with E-state index in [0.717, 1.165) is 25.8 Å². The van der Waals surface area contributed by atoms with Gasteiger partial charge in [0.15, 0.2) is 0 Å². The van der Waals surface area contributed by atoms with Gasteiger partial charge in [0.05, 0.1) is 6.10 Å². The molecule has 4 atom stereocenters. The van der Waals surface area contributed by atoms with E-state index >= 15 is 0 Å². The van der Waals surface area contributed by atoms with Crippen molar-refractivity contribution < 1.29 is 9.32 Å². The lowest BCUT2D eigenvalue weighted by atomic mass is 10.2. The largest absolute Gasteiger partial charge is 0.392 e. The molecule has 2 N–H and O–H groups in total. The van der Waals surface area contributed by atoms with Crippen molar-refractivity contribution in [3.8, 4) is 0 Å². The summed E-state index contributed by atoms with van der Waals surface area (Å²) in [6.07, 6.45) is 4.57. The van der Waals surface area contributed by atoms with Gasteiger partial charge in [-0.3, -0.25) is 4.21 Å². The monoisotopic (exact) mass is 205 g/mol. The Morgan fingerprint density at radius 1 is 1.62 bits per heavy atom. The molecule has 2 unspecified atom stereocenters. The van der Waals surface area contributed by atoms with Crippen molar-refractivity contribution in [1.29, 1.82) is 0 Å². The van der Waals surface area contributed by atoms with Crippen LogP contribution in [0.4, 0.5) is 0 Å². The standard InChI is InChI=1S/C9H19NO2S/c1-7(13(2)12)6-10-8-4-3-5-9(8)11/h7-11H,3-6H2,1-2H3/t7?,8-,9-,13?/m0/s1. The van der Waals surface area contributed by atoms with E-state index < -0.39 is 10.8 Å². The third kappa shape index (κ3) is 3.37. The molecule has 0 aromatic heterocycles. The molecule has 0 amide bonds. The average Bonchev–Trinajstić information content (AvgIpc) is 2.47. The van der Waals surface area contributed by atoms with Crippen molar-refractivity contribution >= 4 is 10.8 Å². The van der Waals surface area contributed by atoms with Crippen LogP contribution in [0, 0.1) is 0 Å². The van der Waals surface area contributed by atoms with Crippen LogP contribution < -0.4 is 5.32 Å². The lowest BCUT2D eigenvalue weighted by Crippen LogP contribution is -2.40. The van der Waals surface area contributed by atoms with Crippen LogP contribution in [0.25, 0.3) is 0 Å². The van der Waals surface area contributed by atoms with Gasteiger partial charge in [0, 0.05) is 34.9 Å². The zero-order valence-electron chi connectivity index (χ0n) is 8.32. The fourth-order valence-corrected chi connectivity index (χ4v) is 1.94. The first kappa shape index (κ1) is 11.1. The number of aliphatic hydroxyl groups excluding tert-OH is 1. The molecule has 0 saturated heterocycles. The third-order valence-electron chi connectivity index (χ3n) is 2.71. The maximum absolute atomic E-state index is 11.0. The first-order chi connectivity index (χ1) is 6.11. The second-order valence-corrected chi connectivity index (χ2v) is 5.62. The molecule has 0 aliphatic heterocycles. The van der Waals surface area contributed by atoms with Crippen molar-refractivity contribution in [3.63, 3.8) is 0 Å². The van der Waals surface area contributed by atoms with E-state index in [0.29, 0.717) is 0 Å². The maximum Gasteiger partial charge on any atom is 0.0693 e. The van der Waals surface area contributed by atoms with Crippen molar-refractivity contribution in [1.82, 2.24) is 5.32 Å². The Balaban J connectivity index is 2.22. The van der Waals surface area contributed by atoms with Gasteiger partial charge in [-0.15, -0.1) is 0 Å². The minimum Gasteiger partial charge on any atom is -0.392 e. The van der Waals surface area contributed by atoms with Gasteiger partial charge in [-0.25, -0.2) is 0 Å². The molecule has 1 aliphatic carbocycles. The molecule has 3 nitrogen and oxygen atoms in total. The van der Waals surface area contributed by atoms with Crippen LogP contribution in [0.15, 0.2) is 0 Å². The Morgan fingerprint density at radius 3 is 2.77 bits per heavy atom. The third-order valence-corrected chi connectivity index (χ3v) is 4.01. The Bertz CT molecular complexity index is 186. The smallest absolute Gasteiger partial charge is 0.0693 e. The van der Waals surface area contributed by atoms with E-state index in [2.05, 4.69) is 5.32 Å². The van der Waals surface area contributed by atoms with Crippen LogP contribution in [0.1, 0.15) is 26.2 Å². The molecular formula is C9H19NO2S. The van der Waals surface area contributed by atoms with Gasteiger partial charge in [0.25, 0.3) is 0 Å². The summed E-state index contributed by atoms with van der Waals surface area (Å²) in [6.45, 7) is 2.70. The van der Waals surface area contributed by atoms with Crippen molar-refractivity contribution in [2.75, 3.05) is 12.8 Å².